The third-order valence-corrected chi connectivity index (χ3v) is 5.92. The van der Waals surface area contributed by atoms with Gasteiger partial charge < -0.3 is 14.5 Å². The molecular weight excluding hydrogens is 300 g/mol. The Bertz CT molecular complexity index is 575. The summed E-state index contributed by atoms with van der Waals surface area (Å²) in [6, 6.07) is 8.54. The molecule has 130 valence electrons. The normalized spacial score (nSPS) is 25.7. The maximum Gasteiger partial charge on any atom is 0.226 e. The van der Waals surface area contributed by atoms with Crippen molar-refractivity contribution in [3.8, 4) is 0 Å². The summed E-state index contributed by atoms with van der Waals surface area (Å²) in [5, 5.41) is 0. The van der Waals surface area contributed by atoms with E-state index < -0.39 is 0 Å². The molecule has 2 saturated heterocycles. The van der Waals surface area contributed by atoms with Gasteiger partial charge in [-0.15, -0.1) is 0 Å². The molecule has 4 nitrogen and oxygen atoms in total. The van der Waals surface area contributed by atoms with Crippen molar-refractivity contribution in [3.63, 3.8) is 0 Å². The minimum absolute atomic E-state index is 0.228. The number of carbonyl (C=O) groups is 1. The van der Waals surface area contributed by atoms with Crippen LogP contribution >= 0.6 is 0 Å². The third-order valence-electron chi connectivity index (χ3n) is 5.92. The first kappa shape index (κ1) is 16.1. The quantitative estimate of drug-likeness (QED) is 0.854. The molecule has 0 aliphatic carbocycles. The summed E-state index contributed by atoms with van der Waals surface area (Å²) in [4.78, 5) is 17.5. The molecule has 0 bridgehead atoms. The van der Waals surface area contributed by atoms with Gasteiger partial charge in [-0.25, -0.2) is 0 Å². The van der Waals surface area contributed by atoms with Gasteiger partial charge in [0.05, 0.1) is 6.61 Å². The number of carbonyl (C=O) groups excluding carboxylic acids is 1. The minimum atomic E-state index is 0.228. The van der Waals surface area contributed by atoms with Gasteiger partial charge in [-0.3, -0.25) is 4.79 Å². The number of rotatable bonds is 3. The Morgan fingerprint density at radius 1 is 1.08 bits per heavy atom. The van der Waals surface area contributed by atoms with E-state index in [9.17, 15) is 4.79 Å². The smallest absolute Gasteiger partial charge is 0.226 e. The zero-order valence-corrected chi connectivity index (χ0v) is 14.5. The molecular formula is C20H28N2O2. The van der Waals surface area contributed by atoms with Gasteiger partial charge in [-0.2, -0.15) is 0 Å². The van der Waals surface area contributed by atoms with Crippen LogP contribution in [0, 0.1) is 11.8 Å². The lowest BCUT2D eigenvalue weighted by molar-refractivity contribution is -0.138. The Hall–Kier alpha value is -1.39. The van der Waals surface area contributed by atoms with Gasteiger partial charge in [0.25, 0.3) is 0 Å². The molecule has 0 N–H and O–H groups in total. The molecule has 0 spiro atoms. The van der Waals surface area contributed by atoms with Gasteiger partial charge >= 0.3 is 0 Å². The van der Waals surface area contributed by atoms with Crippen molar-refractivity contribution in [2.45, 2.75) is 32.2 Å². The van der Waals surface area contributed by atoms with Crippen molar-refractivity contribution in [1.29, 1.82) is 0 Å². The van der Waals surface area contributed by atoms with Crippen LogP contribution in [0.2, 0.25) is 0 Å². The maximum atomic E-state index is 12.9. The number of amides is 1. The zero-order valence-electron chi connectivity index (χ0n) is 14.5. The Balaban J connectivity index is 1.29. The van der Waals surface area contributed by atoms with Crippen LogP contribution in [0.1, 0.15) is 30.4 Å². The van der Waals surface area contributed by atoms with E-state index in [0.717, 1.165) is 65.2 Å². The summed E-state index contributed by atoms with van der Waals surface area (Å²) >= 11 is 0. The molecule has 3 aliphatic heterocycles. The largest absolute Gasteiger partial charge is 0.381 e. The number of fused-ring (bicyclic) bond motifs is 1. The summed E-state index contributed by atoms with van der Waals surface area (Å²) in [6.45, 7) is 6.82. The van der Waals surface area contributed by atoms with Crippen molar-refractivity contribution >= 4 is 5.91 Å². The first-order valence-corrected chi connectivity index (χ1v) is 9.45. The minimum Gasteiger partial charge on any atom is -0.381 e. The molecule has 3 aliphatic rings. The predicted octanol–water partition coefficient (Wildman–Crippen LogP) is 2.32. The van der Waals surface area contributed by atoms with Crippen molar-refractivity contribution in [1.82, 2.24) is 9.80 Å². The molecule has 1 aromatic rings. The number of hydrogen-bond donors (Lipinski definition) is 0. The van der Waals surface area contributed by atoms with Crippen LogP contribution < -0.4 is 0 Å². The van der Waals surface area contributed by atoms with Crippen LogP contribution in [-0.4, -0.2) is 55.1 Å². The van der Waals surface area contributed by atoms with E-state index in [4.69, 9.17) is 4.74 Å². The fourth-order valence-electron chi connectivity index (χ4n) is 4.40. The van der Waals surface area contributed by atoms with Gasteiger partial charge in [0.2, 0.25) is 5.91 Å². The first-order chi connectivity index (χ1) is 11.8. The van der Waals surface area contributed by atoms with Crippen molar-refractivity contribution in [2.75, 3.05) is 39.4 Å². The van der Waals surface area contributed by atoms with Gasteiger partial charge in [-0.1, -0.05) is 24.3 Å². The lowest BCUT2D eigenvalue weighted by Crippen LogP contribution is -2.45. The van der Waals surface area contributed by atoms with E-state index in [0.29, 0.717) is 11.8 Å². The SMILES string of the molecule is O=C(C1CCN(C[C@H]2CCOC2)CC1)N1CCc2ccccc2C1. The lowest BCUT2D eigenvalue weighted by Gasteiger charge is -2.36. The molecule has 0 saturated carbocycles. The van der Waals surface area contributed by atoms with Crippen LogP contribution in [-0.2, 0) is 22.5 Å². The fourth-order valence-corrected chi connectivity index (χ4v) is 4.40. The molecule has 4 rings (SSSR count). The number of likely N-dealkylation sites (tertiary alicyclic amines) is 1. The van der Waals surface area contributed by atoms with Gasteiger partial charge in [0.15, 0.2) is 0 Å². The first-order valence-electron chi connectivity index (χ1n) is 9.45. The molecule has 4 heteroatoms. The molecule has 24 heavy (non-hydrogen) atoms. The average Bonchev–Trinajstić information content (AvgIpc) is 3.14. The van der Waals surface area contributed by atoms with Crippen LogP contribution in [0.15, 0.2) is 24.3 Å². The number of piperidine rings is 1. The number of nitrogens with zero attached hydrogens (tertiary/aromatic N) is 2. The molecule has 1 atom stereocenters. The maximum absolute atomic E-state index is 12.9. The predicted molar refractivity (Wildman–Crippen MR) is 93.7 cm³/mol. The Kier molecular flexibility index (Phi) is 4.86. The van der Waals surface area contributed by atoms with Crippen LogP contribution in [0.3, 0.4) is 0 Å². The van der Waals surface area contributed by atoms with Gasteiger partial charge in [0, 0.05) is 32.2 Å². The number of hydrogen-bond acceptors (Lipinski definition) is 3. The van der Waals surface area contributed by atoms with E-state index in [1.165, 1.54) is 17.5 Å². The molecule has 0 unspecified atom stereocenters. The summed E-state index contributed by atoms with van der Waals surface area (Å²) in [5.74, 6) is 1.32. The lowest BCUT2D eigenvalue weighted by atomic mass is 9.92. The van der Waals surface area contributed by atoms with Crippen molar-refractivity contribution < 1.29 is 9.53 Å². The Morgan fingerprint density at radius 2 is 1.88 bits per heavy atom. The molecule has 0 radical (unpaired) electrons. The highest BCUT2D eigenvalue weighted by molar-refractivity contribution is 5.79. The number of benzene rings is 1. The zero-order chi connectivity index (χ0) is 16.4. The van der Waals surface area contributed by atoms with Crippen molar-refractivity contribution in [3.05, 3.63) is 35.4 Å². The van der Waals surface area contributed by atoms with Crippen molar-refractivity contribution in [2.24, 2.45) is 11.8 Å². The Labute approximate surface area is 144 Å². The second-order valence-electron chi connectivity index (χ2n) is 7.58. The van der Waals surface area contributed by atoms with E-state index in [2.05, 4.69) is 34.1 Å². The monoisotopic (exact) mass is 328 g/mol. The second kappa shape index (κ2) is 7.24. The third kappa shape index (κ3) is 3.50. The van der Waals surface area contributed by atoms with Gasteiger partial charge in [-0.05, 0) is 55.8 Å². The average molecular weight is 328 g/mol. The molecule has 1 amide bonds. The molecule has 0 aromatic heterocycles. The highest BCUT2D eigenvalue weighted by Gasteiger charge is 2.31. The summed E-state index contributed by atoms with van der Waals surface area (Å²) in [7, 11) is 0. The molecule has 1 aromatic carbocycles. The van der Waals surface area contributed by atoms with Gasteiger partial charge in [0.1, 0.15) is 0 Å². The van der Waals surface area contributed by atoms with E-state index in [-0.39, 0.29) is 5.92 Å². The van der Waals surface area contributed by atoms with E-state index in [1.54, 1.807) is 0 Å². The highest BCUT2D eigenvalue weighted by Crippen LogP contribution is 2.25. The Morgan fingerprint density at radius 3 is 2.62 bits per heavy atom. The fraction of sp³-hybridized carbons (Fsp3) is 0.650. The second-order valence-corrected chi connectivity index (χ2v) is 7.58. The number of ether oxygens (including phenoxy) is 1. The summed E-state index contributed by atoms with van der Waals surface area (Å²) < 4.78 is 5.48. The van der Waals surface area contributed by atoms with Crippen LogP contribution in [0.5, 0.6) is 0 Å². The highest BCUT2D eigenvalue weighted by atomic mass is 16.5. The van der Waals surface area contributed by atoms with Crippen LogP contribution in [0.4, 0.5) is 0 Å². The standard InChI is InChI=1S/C20H28N2O2/c23-20(22-11-7-17-3-1-2-4-19(17)14-22)18-5-9-21(10-6-18)13-16-8-12-24-15-16/h1-4,16,18H,5-15H2/t16-/m1/s1. The molecule has 3 heterocycles. The topological polar surface area (TPSA) is 32.8 Å². The summed E-state index contributed by atoms with van der Waals surface area (Å²) in [6.07, 6.45) is 4.24. The van der Waals surface area contributed by atoms with E-state index >= 15 is 0 Å². The summed E-state index contributed by atoms with van der Waals surface area (Å²) in [5.41, 5.74) is 2.74. The van der Waals surface area contributed by atoms with Crippen LogP contribution in [0.25, 0.3) is 0 Å². The van der Waals surface area contributed by atoms with E-state index in [1.807, 2.05) is 0 Å². The molecule has 2 fully saturated rings.